The van der Waals surface area contributed by atoms with Crippen molar-refractivity contribution in [3.8, 4) is 11.5 Å². The molecule has 0 unspecified atom stereocenters. The van der Waals surface area contributed by atoms with Gasteiger partial charge in [0.1, 0.15) is 4.90 Å². The highest BCUT2D eigenvalue weighted by atomic mass is 35.5. The SMILES string of the molecule is CCOc1cc(C2C3=C(CC(C)(C)CC3=O)N(CC)C3=C2C(=O)CC(C)(C)C3)cc(Cl)c1OS(=O)(=O)c1ccc(C)cc1. The van der Waals surface area contributed by atoms with Gasteiger partial charge in [0.25, 0.3) is 0 Å². The maximum atomic E-state index is 13.9. The summed E-state index contributed by atoms with van der Waals surface area (Å²) in [6, 6.07) is 9.62. The van der Waals surface area contributed by atoms with Gasteiger partial charge in [-0.2, -0.15) is 8.42 Å². The van der Waals surface area contributed by atoms with Crippen LogP contribution in [0.15, 0.2) is 63.8 Å². The number of aryl methyl sites for hydroxylation is 1. The number of carbonyl (C=O) groups is 2. The van der Waals surface area contributed by atoms with Gasteiger partial charge in [-0.1, -0.05) is 57.0 Å². The molecule has 0 aromatic heterocycles. The summed E-state index contributed by atoms with van der Waals surface area (Å²) < 4.78 is 37.9. The van der Waals surface area contributed by atoms with Crippen LogP contribution < -0.4 is 8.92 Å². The molecule has 43 heavy (non-hydrogen) atoms. The number of carbonyl (C=O) groups excluding carboxylic acids is 2. The molecule has 0 fully saturated rings. The van der Waals surface area contributed by atoms with Crippen LogP contribution in [0.1, 0.15) is 84.3 Å². The van der Waals surface area contributed by atoms with Gasteiger partial charge in [0, 0.05) is 47.8 Å². The zero-order valence-corrected chi connectivity index (χ0v) is 27.5. The molecule has 2 aliphatic carbocycles. The molecule has 0 spiro atoms. The quantitative estimate of drug-likeness (QED) is 0.294. The van der Waals surface area contributed by atoms with Gasteiger partial charge < -0.3 is 13.8 Å². The second-order valence-electron chi connectivity index (χ2n) is 13.4. The zero-order valence-electron chi connectivity index (χ0n) is 26.0. The number of nitrogens with zero attached hydrogens (tertiary/aromatic N) is 1. The fourth-order valence-electron chi connectivity index (χ4n) is 6.72. The Kier molecular flexibility index (Phi) is 8.10. The van der Waals surface area contributed by atoms with Crippen molar-refractivity contribution in [2.75, 3.05) is 13.2 Å². The van der Waals surface area contributed by atoms with E-state index in [2.05, 4.69) is 39.5 Å². The van der Waals surface area contributed by atoms with Gasteiger partial charge in [-0.15, -0.1) is 0 Å². The van der Waals surface area contributed by atoms with Crippen LogP contribution in [0.2, 0.25) is 5.02 Å². The van der Waals surface area contributed by atoms with E-state index in [1.165, 1.54) is 12.1 Å². The van der Waals surface area contributed by atoms with Crippen LogP contribution >= 0.6 is 11.6 Å². The van der Waals surface area contributed by atoms with Crippen LogP contribution in [0.3, 0.4) is 0 Å². The van der Waals surface area contributed by atoms with Gasteiger partial charge in [-0.05, 0) is 74.3 Å². The van der Waals surface area contributed by atoms with Crippen molar-refractivity contribution in [3.63, 3.8) is 0 Å². The van der Waals surface area contributed by atoms with E-state index in [9.17, 15) is 18.0 Å². The van der Waals surface area contributed by atoms with Crippen molar-refractivity contribution in [2.45, 2.75) is 85.0 Å². The number of Topliss-reactive ketones (excluding diaryl/α,β-unsaturated/α-hetero) is 2. The summed E-state index contributed by atoms with van der Waals surface area (Å²) in [4.78, 5) is 30.1. The Labute approximate surface area is 260 Å². The molecule has 0 radical (unpaired) electrons. The van der Waals surface area contributed by atoms with E-state index in [-0.39, 0.29) is 50.4 Å². The van der Waals surface area contributed by atoms with Crippen LogP contribution in [0, 0.1) is 17.8 Å². The second-order valence-corrected chi connectivity index (χ2v) is 15.3. The molecule has 0 N–H and O–H groups in total. The van der Waals surface area contributed by atoms with Crippen molar-refractivity contribution in [2.24, 2.45) is 10.8 Å². The standard InChI is InChI=1S/C34H40ClNO6S/c1-8-36-24-16-33(4,5)18-26(37)30(24)29(31-25(36)17-34(6,7)19-27(31)38)21-14-23(35)32(28(15-21)41-9-2)42-43(39,40)22-12-10-20(3)11-13-22/h10-15,29H,8-9,16-19H2,1-7H3. The van der Waals surface area contributed by atoms with Gasteiger partial charge in [-0.25, -0.2) is 0 Å². The van der Waals surface area contributed by atoms with Crippen molar-refractivity contribution < 1.29 is 26.9 Å². The summed E-state index contributed by atoms with van der Waals surface area (Å²) in [6.45, 7) is 15.0. The Morgan fingerprint density at radius 3 is 1.91 bits per heavy atom. The molecule has 1 aliphatic heterocycles. The first-order chi connectivity index (χ1) is 20.1. The Balaban J connectivity index is 1.70. The molecular weight excluding hydrogens is 586 g/mol. The van der Waals surface area contributed by atoms with Gasteiger partial charge >= 0.3 is 10.1 Å². The molecule has 2 aromatic carbocycles. The van der Waals surface area contributed by atoms with E-state index in [0.29, 0.717) is 48.9 Å². The van der Waals surface area contributed by atoms with Crippen LogP contribution in [-0.2, 0) is 19.7 Å². The maximum absolute atomic E-state index is 13.9. The van der Waals surface area contributed by atoms with Gasteiger partial charge in [0.2, 0.25) is 5.75 Å². The van der Waals surface area contributed by atoms with E-state index in [0.717, 1.165) is 17.0 Å². The molecular formula is C34H40ClNO6S. The fourth-order valence-corrected chi connectivity index (χ4v) is 7.98. The summed E-state index contributed by atoms with van der Waals surface area (Å²) in [5.74, 6) is -0.616. The lowest BCUT2D eigenvalue weighted by Crippen LogP contribution is -2.44. The summed E-state index contributed by atoms with van der Waals surface area (Å²) in [7, 11) is -4.22. The summed E-state index contributed by atoms with van der Waals surface area (Å²) in [5, 5.41) is 0.0195. The van der Waals surface area contributed by atoms with Crippen molar-refractivity contribution in [1.82, 2.24) is 4.90 Å². The van der Waals surface area contributed by atoms with Crippen LogP contribution in [-0.4, -0.2) is 38.0 Å². The molecule has 230 valence electrons. The smallest absolute Gasteiger partial charge is 0.339 e. The topological polar surface area (TPSA) is 90.0 Å². The van der Waals surface area contributed by atoms with Gasteiger partial charge in [0.05, 0.1) is 11.6 Å². The molecule has 2 aromatic rings. The second kappa shape index (κ2) is 11.1. The highest BCUT2D eigenvalue weighted by Crippen LogP contribution is 2.55. The predicted molar refractivity (Wildman–Crippen MR) is 167 cm³/mol. The minimum atomic E-state index is -4.22. The first kappa shape index (κ1) is 31.3. The number of ketones is 2. The molecule has 7 nitrogen and oxygen atoms in total. The van der Waals surface area contributed by atoms with E-state index >= 15 is 0 Å². The number of hydrogen-bond acceptors (Lipinski definition) is 7. The van der Waals surface area contributed by atoms with E-state index < -0.39 is 16.0 Å². The predicted octanol–water partition coefficient (Wildman–Crippen LogP) is 7.52. The average molecular weight is 626 g/mol. The third kappa shape index (κ3) is 5.88. The van der Waals surface area contributed by atoms with Gasteiger partial charge in [-0.3, -0.25) is 9.59 Å². The summed E-state index contributed by atoms with van der Waals surface area (Å²) in [5.41, 5.74) is 4.20. The lowest BCUT2D eigenvalue weighted by atomic mass is 9.63. The Morgan fingerprint density at radius 2 is 1.42 bits per heavy atom. The number of benzene rings is 2. The number of allylic oxidation sites excluding steroid dienone is 4. The third-order valence-corrected chi connectivity index (χ3v) is 10.0. The van der Waals surface area contributed by atoms with E-state index in [1.54, 1.807) is 31.2 Å². The van der Waals surface area contributed by atoms with Crippen molar-refractivity contribution in [3.05, 3.63) is 75.1 Å². The van der Waals surface area contributed by atoms with Crippen LogP contribution in [0.4, 0.5) is 0 Å². The molecule has 0 bridgehead atoms. The summed E-state index contributed by atoms with van der Waals surface area (Å²) >= 11 is 6.80. The Bertz CT molecular complexity index is 1610. The van der Waals surface area contributed by atoms with Crippen LogP contribution in [0.5, 0.6) is 11.5 Å². The fraction of sp³-hybridized carbons (Fsp3) is 0.471. The monoisotopic (exact) mass is 625 g/mol. The number of ether oxygens (including phenoxy) is 1. The molecule has 1 heterocycles. The Morgan fingerprint density at radius 1 is 0.884 bits per heavy atom. The molecule has 5 rings (SSSR count). The number of halogens is 1. The molecule has 0 saturated heterocycles. The first-order valence-corrected chi connectivity index (χ1v) is 16.6. The van der Waals surface area contributed by atoms with E-state index in [4.69, 9.17) is 20.5 Å². The van der Waals surface area contributed by atoms with Gasteiger partial charge in [0.15, 0.2) is 17.3 Å². The first-order valence-electron chi connectivity index (χ1n) is 14.8. The number of hydrogen-bond donors (Lipinski definition) is 0. The highest BCUT2D eigenvalue weighted by Gasteiger charge is 2.49. The zero-order chi connectivity index (χ0) is 31.5. The molecule has 0 saturated carbocycles. The maximum Gasteiger partial charge on any atom is 0.339 e. The Hall–Kier alpha value is -3.10. The molecule has 3 aliphatic rings. The average Bonchev–Trinajstić information content (AvgIpc) is 2.88. The molecule has 0 atom stereocenters. The van der Waals surface area contributed by atoms with E-state index in [1.807, 2.05) is 6.92 Å². The largest absolute Gasteiger partial charge is 0.490 e. The lowest BCUT2D eigenvalue weighted by Gasteiger charge is -2.49. The molecule has 0 amide bonds. The highest BCUT2D eigenvalue weighted by molar-refractivity contribution is 7.87. The third-order valence-electron chi connectivity index (χ3n) is 8.51. The minimum absolute atomic E-state index is 0.00948. The van der Waals surface area contributed by atoms with Crippen LogP contribution in [0.25, 0.3) is 0 Å². The lowest BCUT2D eigenvalue weighted by molar-refractivity contribution is -0.119. The summed E-state index contributed by atoms with van der Waals surface area (Å²) in [6.07, 6.45) is 2.13. The molecule has 9 heteroatoms. The normalized spacial score (nSPS) is 20.2. The van der Waals surface area contributed by atoms with Crippen molar-refractivity contribution >= 4 is 33.3 Å². The minimum Gasteiger partial charge on any atom is -0.490 e. The number of rotatable bonds is 7. The van der Waals surface area contributed by atoms with Crippen molar-refractivity contribution in [1.29, 1.82) is 0 Å².